The zero-order valence-electron chi connectivity index (χ0n) is 10.6. The standard InChI is InChI=1S/C12H12Cl2N4OS/c1-18(6-8-2-3-10(14)20-8)12(19)7-4-9(13)11(17-15)16-5-7/h2-5H,6,15H2,1H3,(H,16,17). The third-order valence-corrected chi connectivity index (χ3v) is 4.10. The highest BCUT2D eigenvalue weighted by molar-refractivity contribution is 7.16. The quantitative estimate of drug-likeness (QED) is 0.667. The summed E-state index contributed by atoms with van der Waals surface area (Å²) >= 11 is 13.3. The average Bonchev–Trinajstić information content (AvgIpc) is 2.83. The van der Waals surface area contributed by atoms with Crippen molar-refractivity contribution in [3.8, 4) is 0 Å². The number of pyridine rings is 1. The van der Waals surface area contributed by atoms with Crippen molar-refractivity contribution >= 4 is 46.3 Å². The molecule has 20 heavy (non-hydrogen) atoms. The molecule has 2 aromatic rings. The number of hydrogen-bond acceptors (Lipinski definition) is 5. The average molecular weight is 331 g/mol. The first-order valence-corrected chi connectivity index (χ1v) is 7.20. The summed E-state index contributed by atoms with van der Waals surface area (Å²) in [4.78, 5) is 18.8. The number of rotatable bonds is 4. The number of thiophene rings is 1. The van der Waals surface area contributed by atoms with E-state index in [1.807, 2.05) is 6.07 Å². The lowest BCUT2D eigenvalue weighted by Crippen LogP contribution is -2.26. The Labute approximate surface area is 130 Å². The van der Waals surface area contributed by atoms with Gasteiger partial charge in [-0.25, -0.2) is 10.8 Å². The van der Waals surface area contributed by atoms with Crippen LogP contribution >= 0.6 is 34.5 Å². The molecule has 0 saturated carbocycles. The number of hydrogen-bond donors (Lipinski definition) is 2. The van der Waals surface area contributed by atoms with E-state index in [-0.39, 0.29) is 5.91 Å². The molecule has 2 rings (SSSR count). The van der Waals surface area contributed by atoms with Crippen molar-refractivity contribution in [2.75, 3.05) is 12.5 Å². The number of amides is 1. The first-order valence-electron chi connectivity index (χ1n) is 5.63. The van der Waals surface area contributed by atoms with Gasteiger partial charge in [0.1, 0.15) is 0 Å². The number of halogens is 2. The van der Waals surface area contributed by atoms with Crippen LogP contribution in [-0.4, -0.2) is 22.8 Å². The number of carbonyl (C=O) groups excluding carboxylic acids is 1. The molecular formula is C12H12Cl2N4OS. The van der Waals surface area contributed by atoms with Crippen LogP contribution in [0.3, 0.4) is 0 Å². The summed E-state index contributed by atoms with van der Waals surface area (Å²) in [5, 5.41) is 0.297. The molecule has 0 aliphatic rings. The van der Waals surface area contributed by atoms with E-state index in [0.717, 1.165) is 4.88 Å². The zero-order valence-corrected chi connectivity index (χ0v) is 12.9. The van der Waals surface area contributed by atoms with E-state index >= 15 is 0 Å². The zero-order chi connectivity index (χ0) is 14.7. The van der Waals surface area contributed by atoms with Crippen LogP contribution in [0.4, 0.5) is 5.82 Å². The summed E-state index contributed by atoms with van der Waals surface area (Å²) in [5.41, 5.74) is 2.75. The van der Waals surface area contributed by atoms with Crippen LogP contribution in [0.5, 0.6) is 0 Å². The van der Waals surface area contributed by atoms with Crippen molar-refractivity contribution in [3.63, 3.8) is 0 Å². The van der Waals surface area contributed by atoms with E-state index in [0.29, 0.717) is 27.3 Å². The first kappa shape index (κ1) is 15.1. The van der Waals surface area contributed by atoms with Gasteiger partial charge < -0.3 is 10.3 Å². The Hall–Kier alpha value is -1.34. The van der Waals surface area contributed by atoms with Crippen molar-refractivity contribution in [2.45, 2.75) is 6.54 Å². The molecule has 0 fully saturated rings. The maximum atomic E-state index is 12.3. The second-order valence-electron chi connectivity index (χ2n) is 4.07. The summed E-state index contributed by atoms with van der Waals surface area (Å²) in [6.45, 7) is 0.477. The number of aromatic nitrogens is 1. The lowest BCUT2D eigenvalue weighted by atomic mass is 10.2. The van der Waals surface area contributed by atoms with Gasteiger partial charge in [-0.15, -0.1) is 11.3 Å². The van der Waals surface area contributed by atoms with Gasteiger partial charge in [-0.2, -0.15) is 0 Å². The van der Waals surface area contributed by atoms with Crippen LogP contribution in [0, 0.1) is 0 Å². The molecule has 0 spiro atoms. The second kappa shape index (κ2) is 6.41. The molecule has 0 aromatic carbocycles. The van der Waals surface area contributed by atoms with E-state index in [4.69, 9.17) is 29.0 Å². The van der Waals surface area contributed by atoms with Gasteiger partial charge in [-0.1, -0.05) is 23.2 Å². The molecule has 2 aromatic heterocycles. The van der Waals surface area contributed by atoms with E-state index in [1.54, 1.807) is 18.0 Å². The Balaban J connectivity index is 2.12. The fourth-order valence-corrected chi connectivity index (χ4v) is 2.99. The summed E-state index contributed by atoms with van der Waals surface area (Å²) in [6.07, 6.45) is 1.43. The first-order chi connectivity index (χ1) is 9.51. The van der Waals surface area contributed by atoms with Crippen LogP contribution in [0.1, 0.15) is 15.2 Å². The van der Waals surface area contributed by atoms with Gasteiger partial charge in [0.15, 0.2) is 5.82 Å². The maximum Gasteiger partial charge on any atom is 0.255 e. The number of nitrogens with one attached hydrogen (secondary N) is 1. The summed E-state index contributed by atoms with van der Waals surface area (Å²) in [6, 6.07) is 5.23. The predicted molar refractivity (Wildman–Crippen MR) is 82.2 cm³/mol. The Morgan fingerprint density at radius 3 is 2.80 bits per heavy atom. The van der Waals surface area contributed by atoms with E-state index in [2.05, 4.69) is 10.4 Å². The number of nitrogen functional groups attached to an aromatic ring is 1. The molecule has 3 N–H and O–H groups in total. The highest BCUT2D eigenvalue weighted by atomic mass is 35.5. The summed E-state index contributed by atoms with van der Waals surface area (Å²) < 4.78 is 0.698. The molecule has 106 valence electrons. The minimum absolute atomic E-state index is 0.174. The van der Waals surface area contributed by atoms with Gasteiger partial charge in [0.2, 0.25) is 0 Å². The van der Waals surface area contributed by atoms with Crippen LogP contribution in [0.15, 0.2) is 24.4 Å². The monoisotopic (exact) mass is 330 g/mol. The number of hydrazine groups is 1. The molecule has 0 unspecified atom stereocenters. The van der Waals surface area contributed by atoms with Crippen LogP contribution < -0.4 is 11.3 Å². The minimum Gasteiger partial charge on any atom is -0.337 e. The summed E-state index contributed by atoms with van der Waals surface area (Å²) in [7, 11) is 1.71. The topological polar surface area (TPSA) is 71.2 Å². The molecule has 0 atom stereocenters. The van der Waals surface area contributed by atoms with E-state index in [1.165, 1.54) is 23.6 Å². The van der Waals surface area contributed by atoms with Gasteiger partial charge in [0, 0.05) is 18.1 Å². The third-order valence-electron chi connectivity index (χ3n) is 2.59. The van der Waals surface area contributed by atoms with E-state index < -0.39 is 0 Å². The number of nitrogens with two attached hydrogens (primary N) is 1. The molecule has 0 aliphatic heterocycles. The molecule has 0 bridgehead atoms. The lowest BCUT2D eigenvalue weighted by Gasteiger charge is -2.16. The second-order valence-corrected chi connectivity index (χ2v) is 6.27. The van der Waals surface area contributed by atoms with E-state index in [9.17, 15) is 4.79 Å². The Kier molecular flexibility index (Phi) is 4.82. The normalized spacial score (nSPS) is 10.4. The van der Waals surface area contributed by atoms with Crippen molar-refractivity contribution in [1.82, 2.24) is 9.88 Å². The fraction of sp³-hybridized carbons (Fsp3) is 0.167. The Morgan fingerprint density at radius 2 is 2.25 bits per heavy atom. The van der Waals surface area contributed by atoms with Crippen molar-refractivity contribution < 1.29 is 4.79 Å². The fourth-order valence-electron chi connectivity index (χ4n) is 1.62. The molecule has 0 aliphatic carbocycles. The molecule has 8 heteroatoms. The maximum absolute atomic E-state index is 12.3. The van der Waals surface area contributed by atoms with Gasteiger partial charge >= 0.3 is 0 Å². The molecule has 0 radical (unpaired) electrons. The molecule has 5 nitrogen and oxygen atoms in total. The SMILES string of the molecule is CN(Cc1ccc(Cl)s1)C(=O)c1cnc(NN)c(Cl)c1. The predicted octanol–water partition coefficient (Wildman–Crippen LogP) is 3.01. The summed E-state index contributed by atoms with van der Waals surface area (Å²) in [5.74, 6) is 5.39. The smallest absolute Gasteiger partial charge is 0.255 e. The minimum atomic E-state index is -0.174. The molecule has 0 saturated heterocycles. The van der Waals surface area contributed by atoms with Gasteiger partial charge in [-0.05, 0) is 18.2 Å². The number of anilines is 1. The number of nitrogens with zero attached hydrogens (tertiary/aromatic N) is 2. The molecular weight excluding hydrogens is 319 g/mol. The molecule has 2 heterocycles. The van der Waals surface area contributed by atoms with Crippen LogP contribution in [-0.2, 0) is 6.54 Å². The van der Waals surface area contributed by atoms with Crippen molar-refractivity contribution in [3.05, 3.63) is 44.2 Å². The van der Waals surface area contributed by atoms with Crippen LogP contribution in [0.2, 0.25) is 9.36 Å². The van der Waals surface area contributed by atoms with Crippen molar-refractivity contribution in [1.29, 1.82) is 0 Å². The molecule has 1 amide bonds. The van der Waals surface area contributed by atoms with Crippen molar-refractivity contribution in [2.24, 2.45) is 5.84 Å². The highest BCUT2D eigenvalue weighted by Gasteiger charge is 2.15. The van der Waals surface area contributed by atoms with Crippen LogP contribution in [0.25, 0.3) is 0 Å². The van der Waals surface area contributed by atoms with Gasteiger partial charge in [0.25, 0.3) is 5.91 Å². The number of carbonyl (C=O) groups is 1. The Morgan fingerprint density at radius 1 is 1.50 bits per heavy atom. The van der Waals surface area contributed by atoms with Gasteiger partial charge in [0.05, 0.1) is 21.5 Å². The largest absolute Gasteiger partial charge is 0.337 e. The van der Waals surface area contributed by atoms with Gasteiger partial charge in [-0.3, -0.25) is 4.79 Å². The lowest BCUT2D eigenvalue weighted by molar-refractivity contribution is 0.0786. The highest BCUT2D eigenvalue weighted by Crippen LogP contribution is 2.24. The Bertz CT molecular complexity index is 632. The third kappa shape index (κ3) is 3.40.